The van der Waals surface area contributed by atoms with E-state index >= 15 is 0 Å². The van der Waals surface area contributed by atoms with Gasteiger partial charge in [0.15, 0.2) is 0 Å². The summed E-state index contributed by atoms with van der Waals surface area (Å²) in [6.07, 6.45) is 3.30. The topological polar surface area (TPSA) is 57.7 Å². The lowest BCUT2D eigenvalue weighted by Crippen LogP contribution is -2.54. The summed E-state index contributed by atoms with van der Waals surface area (Å²) in [7, 11) is -3.48. The molecule has 0 spiro atoms. The Morgan fingerprint density at radius 1 is 1.03 bits per heavy atom. The van der Waals surface area contributed by atoms with Crippen LogP contribution in [0.1, 0.15) is 30.0 Å². The van der Waals surface area contributed by atoms with Gasteiger partial charge in [0.25, 0.3) is 0 Å². The van der Waals surface area contributed by atoms with E-state index in [1.807, 2.05) is 42.5 Å². The molecule has 0 aliphatic carbocycles. The van der Waals surface area contributed by atoms with Crippen molar-refractivity contribution in [2.24, 2.45) is 0 Å². The van der Waals surface area contributed by atoms with Crippen molar-refractivity contribution in [1.82, 2.24) is 9.21 Å². The van der Waals surface area contributed by atoms with Crippen molar-refractivity contribution in [3.63, 3.8) is 0 Å². The maximum atomic E-state index is 13.4. The van der Waals surface area contributed by atoms with Gasteiger partial charge in [0.2, 0.25) is 15.9 Å². The molecule has 5 nitrogen and oxygen atoms in total. The normalized spacial score (nSPS) is 20.1. The maximum Gasteiger partial charge on any atom is 0.241 e. The Hall–Kier alpha value is -2.44. The molecule has 0 N–H and O–H groups in total. The largest absolute Gasteiger partial charge is 0.337 e. The van der Waals surface area contributed by atoms with Crippen molar-refractivity contribution >= 4 is 21.5 Å². The molecule has 2 aromatic rings. The Labute approximate surface area is 172 Å². The standard InChI is InChI=1S/C23H26N2O3S/c1-2-29(27,28)25-17-21-11-7-6-10-20(21)16-22(25)23(26)24-14-12-19(13-15-24)18-8-4-3-5-9-18/h3-12,22H,2,13-17H2,1H3. The van der Waals surface area contributed by atoms with Gasteiger partial charge < -0.3 is 4.90 Å². The second-order valence-electron chi connectivity index (χ2n) is 7.56. The second kappa shape index (κ2) is 8.13. The van der Waals surface area contributed by atoms with Gasteiger partial charge >= 0.3 is 0 Å². The summed E-state index contributed by atoms with van der Waals surface area (Å²) in [5.74, 6) is -0.100. The number of nitrogens with zero attached hydrogens (tertiary/aromatic N) is 2. The molecule has 2 aromatic carbocycles. The number of carbonyl (C=O) groups excluding carboxylic acids is 1. The highest BCUT2D eigenvalue weighted by molar-refractivity contribution is 7.89. The third-order valence-corrected chi connectivity index (χ3v) is 7.71. The molecular formula is C23H26N2O3S. The third kappa shape index (κ3) is 4.00. The predicted octanol–water partition coefficient (Wildman–Crippen LogP) is 3.08. The highest BCUT2D eigenvalue weighted by Crippen LogP contribution is 2.29. The van der Waals surface area contributed by atoms with Crippen LogP contribution < -0.4 is 0 Å². The molecule has 1 amide bonds. The number of sulfonamides is 1. The summed E-state index contributed by atoms with van der Waals surface area (Å²) in [4.78, 5) is 15.2. The van der Waals surface area contributed by atoms with Gasteiger partial charge in [-0.05, 0) is 42.0 Å². The number of hydrogen-bond acceptors (Lipinski definition) is 3. The van der Waals surface area contributed by atoms with Crippen molar-refractivity contribution in [3.8, 4) is 0 Å². The SMILES string of the molecule is CCS(=O)(=O)N1Cc2ccccc2CC1C(=O)N1CC=C(c2ccccc2)CC1. The zero-order valence-corrected chi connectivity index (χ0v) is 17.4. The number of amides is 1. The quantitative estimate of drug-likeness (QED) is 0.778. The van der Waals surface area contributed by atoms with E-state index in [2.05, 4.69) is 18.2 Å². The summed E-state index contributed by atoms with van der Waals surface area (Å²) in [6, 6.07) is 17.3. The lowest BCUT2D eigenvalue weighted by molar-refractivity contribution is -0.135. The van der Waals surface area contributed by atoms with E-state index in [0.29, 0.717) is 19.5 Å². The molecule has 1 unspecified atom stereocenters. The van der Waals surface area contributed by atoms with Crippen molar-refractivity contribution in [1.29, 1.82) is 0 Å². The fourth-order valence-corrected chi connectivity index (χ4v) is 5.38. The van der Waals surface area contributed by atoms with Crippen LogP contribution >= 0.6 is 0 Å². The molecule has 1 atom stereocenters. The van der Waals surface area contributed by atoms with Crippen LogP contribution in [-0.2, 0) is 27.8 Å². The van der Waals surface area contributed by atoms with E-state index in [1.54, 1.807) is 11.8 Å². The zero-order valence-electron chi connectivity index (χ0n) is 16.6. The minimum atomic E-state index is -3.48. The molecule has 4 rings (SSSR count). The first-order chi connectivity index (χ1) is 14.0. The van der Waals surface area contributed by atoms with Crippen LogP contribution in [0.2, 0.25) is 0 Å². The molecule has 0 saturated carbocycles. The molecule has 0 bridgehead atoms. The highest BCUT2D eigenvalue weighted by atomic mass is 32.2. The Morgan fingerprint density at radius 3 is 2.38 bits per heavy atom. The van der Waals surface area contributed by atoms with E-state index in [-0.39, 0.29) is 18.2 Å². The Kier molecular flexibility index (Phi) is 5.56. The van der Waals surface area contributed by atoms with Crippen molar-refractivity contribution in [2.75, 3.05) is 18.8 Å². The van der Waals surface area contributed by atoms with Crippen molar-refractivity contribution in [3.05, 3.63) is 77.4 Å². The minimum absolute atomic E-state index is 0.00297. The average Bonchev–Trinajstić information content (AvgIpc) is 2.78. The van der Waals surface area contributed by atoms with Crippen LogP contribution in [0.4, 0.5) is 0 Å². The van der Waals surface area contributed by atoms with Crippen LogP contribution in [0, 0.1) is 0 Å². The summed E-state index contributed by atoms with van der Waals surface area (Å²) in [5.41, 5.74) is 4.47. The van der Waals surface area contributed by atoms with Crippen molar-refractivity contribution in [2.45, 2.75) is 32.4 Å². The number of rotatable bonds is 4. The number of fused-ring (bicyclic) bond motifs is 1. The van der Waals surface area contributed by atoms with Gasteiger partial charge in [0, 0.05) is 19.6 Å². The first-order valence-corrected chi connectivity index (χ1v) is 11.7. The molecule has 0 radical (unpaired) electrons. The number of benzene rings is 2. The first kappa shape index (κ1) is 19.9. The first-order valence-electron chi connectivity index (χ1n) is 10.1. The summed E-state index contributed by atoms with van der Waals surface area (Å²) >= 11 is 0. The molecule has 0 aromatic heterocycles. The molecule has 152 valence electrons. The molecule has 29 heavy (non-hydrogen) atoms. The molecule has 0 saturated heterocycles. The molecule has 2 aliphatic heterocycles. The van der Waals surface area contributed by atoms with E-state index < -0.39 is 16.1 Å². The van der Waals surface area contributed by atoms with E-state index in [9.17, 15) is 13.2 Å². The lowest BCUT2D eigenvalue weighted by atomic mass is 9.94. The smallest absolute Gasteiger partial charge is 0.241 e. The molecule has 2 aliphatic rings. The Bertz CT molecular complexity index is 1030. The van der Waals surface area contributed by atoms with Crippen LogP contribution in [0.5, 0.6) is 0 Å². The van der Waals surface area contributed by atoms with Gasteiger partial charge in [-0.1, -0.05) is 60.7 Å². The Balaban J connectivity index is 1.57. The maximum absolute atomic E-state index is 13.4. The minimum Gasteiger partial charge on any atom is -0.337 e. The fourth-order valence-electron chi connectivity index (χ4n) is 4.16. The summed E-state index contributed by atoms with van der Waals surface area (Å²) in [6.45, 7) is 3.02. The van der Waals surface area contributed by atoms with Gasteiger partial charge in [0.05, 0.1) is 5.75 Å². The number of carbonyl (C=O) groups is 1. The van der Waals surface area contributed by atoms with Crippen LogP contribution in [0.25, 0.3) is 5.57 Å². The fraction of sp³-hybridized carbons (Fsp3) is 0.348. The molecule has 2 heterocycles. The van der Waals surface area contributed by atoms with Crippen molar-refractivity contribution < 1.29 is 13.2 Å². The van der Waals surface area contributed by atoms with Gasteiger partial charge in [-0.15, -0.1) is 0 Å². The molecule has 0 fully saturated rings. The van der Waals surface area contributed by atoms with Gasteiger partial charge in [-0.25, -0.2) is 8.42 Å². The number of hydrogen-bond donors (Lipinski definition) is 0. The molecule has 6 heteroatoms. The lowest BCUT2D eigenvalue weighted by Gasteiger charge is -2.38. The molecular weight excluding hydrogens is 384 g/mol. The average molecular weight is 411 g/mol. The second-order valence-corrected chi connectivity index (χ2v) is 9.77. The van der Waals surface area contributed by atoms with Gasteiger partial charge in [-0.2, -0.15) is 4.31 Å². The Morgan fingerprint density at radius 2 is 1.72 bits per heavy atom. The summed E-state index contributed by atoms with van der Waals surface area (Å²) < 4.78 is 26.9. The monoisotopic (exact) mass is 410 g/mol. The zero-order chi connectivity index (χ0) is 20.4. The van der Waals surface area contributed by atoms with Crippen LogP contribution in [0.15, 0.2) is 60.7 Å². The third-order valence-electron chi connectivity index (χ3n) is 5.88. The van der Waals surface area contributed by atoms with Crippen LogP contribution in [-0.4, -0.2) is 48.4 Å². The van der Waals surface area contributed by atoms with E-state index in [0.717, 1.165) is 17.5 Å². The van der Waals surface area contributed by atoms with Gasteiger partial charge in [-0.3, -0.25) is 4.79 Å². The van der Waals surface area contributed by atoms with E-state index in [1.165, 1.54) is 15.4 Å². The highest BCUT2D eigenvalue weighted by Gasteiger charge is 2.39. The van der Waals surface area contributed by atoms with E-state index in [4.69, 9.17) is 0 Å². The predicted molar refractivity (Wildman–Crippen MR) is 115 cm³/mol. The van der Waals surface area contributed by atoms with Gasteiger partial charge in [0.1, 0.15) is 6.04 Å². The van der Waals surface area contributed by atoms with Crippen LogP contribution in [0.3, 0.4) is 0 Å². The summed E-state index contributed by atoms with van der Waals surface area (Å²) in [5, 5.41) is 0.